The van der Waals surface area contributed by atoms with Crippen LogP contribution in [-0.2, 0) is 28.7 Å². The number of Topliss-reactive ketones (excluding diaryl/α,β-unsaturated/α-hetero) is 1. The summed E-state index contributed by atoms with van der Waals surface area (Å²) in [4.78, 5) is 23.4. The van der Waals surface area contributed by atoms with E-state index in [9.17, 15) is 18.4 Å². The first-order valence-electron chi connectivity index (χ1n) is 12.3. The van der Waals surface area contributed by atoms with Crippen LogP contribution in [0.2, 0.25) is 10.0 Å². The van der Waals surface area contributed by atoms with Gasteiger partial charge in [-0.05, 0) is 67.6 Å². The molecule has 0 radical (unpaired) electrons. The number of carbonyl (C=O) groups is 2. The van der Waals surface area contributed by atoms with Crippen LogP contribution in [0.1, 0.15) is 54.1 Å². The summed E-state index contributed by atoms with van der Waals surface area (Å²) in [6, 6.07) is 8.81. The molecule has 2 aromatic carbocycles. The Labute approximate surface area is 229 Å². The standard InChI is InChI=1S/C19H18Cl2F2NP.C9H15NO2/c1-10-4-5-16(20)15(18(10)21)9-13-8-14-11(2)6-12(19(22,23)25)7-17(14)24(13)3;1-2-3-9(12)8-4-5-10(6-8)7-11/h4-8H,9,25H2,1-3H3;7-8H,2-6H2,1H3. The van der Waals surface area contributed by atoms with E-state index in [1.54, 1.807) is 14.1 Å². The zero-order chi connectivity index (χ0) is 27.5. The molecule has 1 aliphatic heterocycles. The Kier molecular flexibility index (Phi) is 9.77. The maximum absolute atomic E-state index is 13.7. The highest BCUT2D eigenvalue weighted by Crippen LogP contribution is 2.38. The molecule has 0 bridgehead atoms. The molecule has 1 saturated heterocycles. The molecule has 9 heteroatoms. The summed E-state index contributed by atoms with van der Waals surface area (Å²) in [5.41, 5.74) is 1.40. The Bertz CT molecular complexity index is 1300. The van der Waals surface area contributed by atoms with E-state index in [4.69, 9.17) is 23.2 Å². The van der Waals surface area contributed by atoms with Crippen molar-refractivity contribution in [3.63, 3.8) is 0 Å². The molecule has 1 fully saturated rings. The van der Waals surface area contributed by atoms with E-state index < -0.39 is 5.66 Å². The molecule has 37 heavy (non-hydrogen) atoms. The van der Waals surface area contributed by atoms with Crippen LogP contribution in [0.15, 0.2) is 30.3 Å². The Morgan fingerprint density at radius 2 is 1.89 bits per heavy atom. The van der Waals surface area contributed by atoms with Crippen LogP contribution in [-0.4, -0.2) is 34.7 Å². The van der Waals surface area contributed by atoms with Gasteiger partial charge in [0.1, 0.15) is 5.78 Å². The SMILES string of the molecule is CCCC(=O)C1CCN(C=O)C1.Cc1ccc(Cl)c(Cc2cc3c(C)cc(C(F)(F)P)cc3n2C)c1Cl. The normalized spacial score (nSPS) is 15.6. The summed E-state index contributed by atoms with van der Waals surface area (Å²) in [5.74, 6) is 0.442. The van der Waals surface area contributed by atoms with Crippen LogP contribution in [0.3, 0.4) is 0 Å². The number of halogens is 4. The summed E-state index contributed by atoms with van der Waals surface area (Å²) >= 11 is 12.7. The number of hydrogen-bond acceptors (Lipinski definition) is 2. The Morgan fingerprint density at radius 3 is 2.49 bits per heavy atom. The average Bonchev–Trinajstić information content (AvgIpc) is 3.45. The van der Waals surface area contributed by atoms with Crippen molar-refractivity contribution < 1.29 is 18.4 Å². The Morgan fingerprint density at radius 1 is 1.19 bits per heavy atom. The molecule has 1 aliphatic rings. The van der Waals surface area contributed by atoms with Gasteiger partial charge in [-0.1, -0.05) is 45.4 Å². The highest BCUT2D eigenvalue weighted by molar-refractivity contribution is 7.17. The summed E-state index contributed by atoms with van der Waals surface area (Å²) in [6.45, 7) is 7.18. The van der Waals surface area contributed by atoms with Gasteiger partial charge in [0.05, 0.1) is 0 Å². The van der Waals surface area contributed by atoms with Crippen molar-refractivity contribution in [2.24, 2.45) is 13.0 Å². The summed E-state index contributed by atoms with van der Waals surface area (Å²) < 4.78 is 29.4. The van der Waals surface area contributed by atoms with Gasteiger partial charge in [0, 0.05) is 71.1 Å². The van der Waals surface area contributed by atoms with Crippen LogP contribution in [0, 0.1) is 19.8 Å². The number of amides is 1. The lowest BCUT2D eigenvalue weighted by Crippen LogP contribution is -2.21. The van der Waals surface area contributed by atoms with Crippen molar-refractivity contribution in [2.45, 2.75) is 52.1 Å². The molecule has 1 aromatic heterocycles. The van der Waals surface area contributed by atoms with E-state index in [1.165, 1.54) is 12.1 Å². The van der Waals surface area contributed by atoms with E-state index >= 15 is 0 Å². The summed E-state index contributed by atoms with van der Waals surface area (Å²) in [5, 5.41) is 2.21. The lowest BCUT2D eigenvalue weighted by Gasteiger charge is -2.13. The molecule has 0 aliphatic carbocycles. The first-order chi connectivity index (χ1) is 17.4. The topological polar surface area (TPSA) is 42.3 Å². The second-order valence-corrected chi connectivity index (χ2v) is 11.2. The minimum absolute atomic E-state index is 0.0122. The lowest BCUT2D eigenvalue weighted by molar-refractivity contribution is -0.122. The van der Waals surface area contributed by atoms with E-state index in [2.05, 4.69) is 0 Å². The number of hydrogen-bond donors (Lipinski definition) is 0. The van der Waals surface area contributed by atoms with Crippen LogP contribution >= 0.6 is 32.4 Å². The quantitative estimate of drug-likeness (QED) is 0.219. The molecule has 3 aromatic rings. The van der Waals surface area contributed by atoms with E-state index in [-0.39, 0.29) is 11.5 Å². The number of alkyl halides is 2. The largest absolute Gasteiger partial charge is 0.347 e. The highest BCUT2D eigenvalue weighted by atomic mass is 35.5. The van der Waals surface area contributed by atoms with Gasteiger partial charge < -0.3 is 9.47 Å². The first kappa shape index (κ1) is 29.5. The number of likely N-dealkylation sites (tertiary alicyclic amines) is 1. The number of benzene rings is 2. The molecule has 4 nitrogen and oxygen atoms in total. The van der Waals surface area contributed by atoms with Crippen LogP contribution < -0.4 is 0 Å². The van der Waals surface area contributed by atoms with Crippen molar-refractivity contribution in [1.29, 1.82) is 0 Å². The number of rotatable bonds is 7. The van der Waals surface area contributed by atoms with Gasteiger partial charge in [0.2, 0.25) is 6.41 Å². The first-order valence-corrected chi connectivity index (χ1v) is 13.6. The van der Waals surface area contributed by atoms with Gasteiger partial charge in [-0.3, -0.25) is 9.59 Å². The lowest BCUT2D eigenvalue weighted by atomic mass is 10.0. The maximum atomic E-state index is 13.7. The third-order valence-electron chi connectivity index (χ3n) is 6.91. The van der Waals surface area contributed by atoms with Crippen molar-refractivity contribution >= 4 is 55.5 Å². The fraction of sp³-hybridized carbons (Fsp3) is 0.429. The van der Waals surface area contributed by atoms with Gasteiger partial charge in [-0.25, -0.2) is 0 Å². The third kappa shape index (κ3) is 6.90. The van der Waals surface area contributed by atoms with E-state index in [0.29, 0.717) is 35.2 Å². The van der Waals surface area contributed by atoms with Gasteiger partial charge in [0.15, 0.2) is 0 Å². The smallest absolute Gasteiger partial charge is 0.283 e. The van der Waals surface area contributed by atoms with Crippen molar-refractivity contribution in [2.75, 3.05) is 13.1 Å². The predicted molar refractivity (Wildman–Crippen MR) is 151 cm³/mol. The van der Waals surface area contributed by atoms with Crippen LogP contribution in [0.4, 0.5) is 8.78 Å². The van der Waals surface area contributed by atoms with Gasteiger partial charge in [-0.15, -0.1) is 0 Å². The summed E-state index contributed by atoms with van der Waals surface area (Å²) in [7, 11) is 3.47. The maximum Gasteiger partial charge on any atom is 0.283 e. The molecule has 0 spiro atoms. The molecule has 0 N–H and O–H groups in total. The van der Waals surface area contributed by atoms with Crippen molar-refractivity contribution in [3.8, 4) is 0 Å². The fourth-order valence-electron chi connectivity index (χ4n) is 4.68. The molecule has 200 valence electrons. The Hall–Kier alpha value is -2.01. The zero-order valence-corrected chi connectivity index (χ0v) is 24.3. The predicted octanol–water partition coefficient (Wildman–Crippen LogP) is 7.45. The number of fused-ring (bicyclic) bond motifs is 1. The number of aromatic nitrogens is 1. The number of aryl methyl sites for hydroxylation is 3. The minimum atomic E-state index is -2.95. The molecular weight excluding hydrogens is 536 g/mol. The number of ketones is 1. The second-order valence-electron chi connectivity index (χ2n) is 9.68. The molecule has 2 heterocycles. The van der Waals surface area contributed by atoms with Crippen LogP contribution in [0.25, 0.3) is 10.9 Å². The number of carbonyl (C=O) groups excluding carboxylic acids is 2. The molecule has 4 rings (SSSR count). The molecular formula is C28H33Cl2F2N2O2P. The zero-order valence-electron chi connectivity index (χ0n) is 21.6. The summed E-state index contributed by atoms with van der Waals surface area (Å²) in [6.07, 6.45) is 3.81. The molecule has 0 saturated carbocycles. The van der Waals surface area contributed by atoms with Gasteiger partial charge in [-0.2, -0.15) is 8.78 Å². The van der Waals surface area contributed by atoms with Crippen molar-refractivity contribution in [3.05, 3.63) is 68.3 Å². The van der Waals surface area contributed by atoms with Gasteiger partial charge >= 0.3 is 0 Å². The molecule has 2 unspecified atom stereocenters. The van der Waals surface area contributed by atoms with Gasteiger partial charge in [0.25, 0.3) is 5.66 Å². The Balaban J connectivity index is 0.000000266. The minimum Gasteiger partial charge on any atom is -0.347 e. The van der Waals surface area contributed by atoms with E-state index in [0.717, 1.165) is 59.1 Å². The van der Waals surface area contributed by atoms with E-state index in [1.807, 2.05) is 50.6 Å². The van der Waals surface area contributed by atoms with Crippen molar-refractivity contribution in [1.82, 2.24) is 9.47 Å². The van der Waals surface area contributed by atoms with Crippen LogP contribution in [0.5, 0.6) is 0 Å². The highest BCUT2D eigenvalue weighted by Gasteiger charge is 2.27. The molecule has 2 atom stereocenters. The fourth-order valence-corrected chi connectivity index (χ4v) is 5.35. The monoisotopic (exact) mass is 568 g/mol. The second kappa shape index (κ2) is 12.2. The third-order valence-corrected chi connectivity index (χ3v) is 8.12. The molecule has 1 amide bonds. The average molecular weight is 569 g/mol. The number of nitrogens with zero attached hydrogens (tertiary/aromatic N) is 2.